The van der Waals surface area contributed by atoms with Gasteiger partial charge in [0.1, 0.15) is 6.04 Å². The van der Waals surface area contributed by atoms with Crippen LogP contribution in [-0.4, -0.2) is 77.9 Å². The van der Waals surface area contributed by atoms with Crippen molar-refractivity contribution in [2.24, 2.45) is 0 Å². The number of carbonyl (C=O) groups excluding carboxylic acids is 2. The van der Waals surface area contributed by atoms with Crippen LogP contribution in [0.3, 0.4) is 0 Å². The maximum Gasteiger partial charge on any atom is 0.239 e. The molecule has 0 bridgehead atoms. The SMILES string of the molecule is CCN(CC)C(=O)CCC1CNC(=O)C2C(CCN2Cc2cccs2)N1C. The quantitative estimate of drug-likeness (QED) is 0.768. The van der Waals surface area contributed by atoms with Gasteiger partial charge in [0, 0.05) is 56.1 Å². The van der Waals surface area contributed by atoms with Gasteiger partial charge < -0.3 is 10.2 Å². The van der Waals surface area contributed by atoms with Crippen LogP contribution in [-0.2, 0) is 16.1 Å². The van der Waals surface area contributed by atoms with Crippen LogP contribution in [0.4, 0.5) is 0 Å². The van der Waals surface area contributed by atoms with E-state index in [1.807, 2.05) is 18.7 Å². The Bertz CT molecular complexity index is 632. The standard InChI is InChI=1S/C20H32N4O2S/c1-4-23(5-2)18(25)9-8-15-13-21-20(26)19-17(22(15)3)10-11-24(19)14-16-7-6-12-27-16/h6-7,12,15,17,19H,4-5,8-11,13-14H2,1-3H3,(H,21,26). The van der Waals surface area contributed by atoms with E-state index < -0.39 is 0 Å². The summed E-state index contributed by atoms with van der Waals surface area (Å²) in [4.78, 5) is 33.0. The predicted molar refractivity (Wildman–Crippen MR) is 109 cm³/mol. The Morgan fingerprint density at radius 2 is 2.15 bits per heavy atom. The number of likely N-dealkylation sites (tertiary alicyclic amines) is 1. The Balaban J connectivity index is 1.63. The topological polar surface area (TPSA) is 55.9 Å². The van der Waals surface area contributed by atoms with E-state index >= 15 is 0 Å². The second-order valence-electron chi connectivity index (χ2n) is 7.52. The summed E-state index contributed by atoms with van der Waals surface area (Å²) in [6.45, 7) is 7.96. The van der Waals surface area contributed by atoms with Gasteiger partial charge in [-0.15, -0.1) is 11.3 Å². The molecular formula is C20H32N4O2S. The van der Waals surface area contributed by atoms with Gasteiger partial charge in [-0.1, -0.05) is 6.07 Å². The summed E-state index contributed by atoms with van der Waals surface area (Å²) in [5.41, 5.74) is 0. The lowest BCUT2D eigenvalue weighted by atomic mass is 10.0. The number of likely N-dealkylation sites (N-methyl/N-ethyl adjacent to an activating group) is 1. The fraction of sp³-hybridized carbons (Fsp3) is 0.700. The van der Waals surface area contributed by atoms with Crippen LogP contribution in [0.25, 0.3) is 0 Å². The molecule has 3 atom stereocenters. The molecule has 1 aromatic heterocycles. The van der Waals surface area contributed by atoms with Gasteiger partial charge in [-0.3, -0.25) is 19.4 Å². The molecule has 2 amide bonds. The van der Waals surface area contributed by atoms with E-state index in [-0.39, 0.29) is 29.9 Å². The first-order valence-corrected chi connectivity index (χ1v) is 11.0. The first-order chi connectivity index (χ1) is 13.0. The first-order valence-electron chi connectivity index (χ1n) is 10.1. The molecule has 1 N–H and O–H groups in total. The van der Waals surface area contributed by atoms with Gasteiger partial charge in [0.15, 0.2) is 0 Å². The van der Waals surface area contributed by atoms with Crippen molar-refractivity contribution in [3.05, 3.63) is 22.4 Å². The van der Waals surface area contributed by atoms with E-state index in [9.17, 15) is 9.59 Å². The van der Waals surface area contributed by atoms with Crippen LogP contribution >= 0.6 is 11.3 Å². The van der Waals surface area contributed by atoms with Crippen molar-refractivity contribution in [1.29, 1.82) is 0 Å². The molecule has 3 heterocycles. The zero-order valence-corrected chi connectivity index (χ0v) is 17.5. The molecule has 1 aromatic rings. The zero-order valence-electron chi connectivity index (χ0n) is 16.7. The zero-order chi connectivity index (χ0) is 19.4. The molecule has 7 heteroatoms. The molecular weight excluding hydrogens is 360 g/mol. The Morgan fingerprint density at radius 3 is 2.81 bits per heavy atom. The van der Waals surface area contributed by atoms with Gasteiger partial charge in [0.25, 0.3) is 0 Å². The van der Waals surface area contributed by atoms with E-state index in [2.05, 4.69) is 39.7 Å². The third-order valence-corrected chi connectivity index (χ3v) is 6.96. The van der Waals surface area contributed by atoms with Crippen LogP contribution in [0.2, 0.25) is 0 Å². The lowest BCUT2D eigenvalue weighted by Gasteiger charge is -2.33. The highest BCUT2D eigenvalue weighted by Gasteiger charge is 2.44. The van der Waals surface area contributed by atoms with E-state index in [1.54, 1.807) is 11.3 Å². The molecule has 2 fully saturated rings. The van der Waals surface area contributed by atoms with Crippen molar-refractivity contribution in [2.45, 2.75) is 57.8 Å². The minimum Gasteiger partial charge on any atom is -0.353 e. The van der Waals surface area contributed by atoms with Crippen molar-refractivity contribution in [3.8, 4) is 0 Å². The van der Waals surface area contributed by atoms with Crippen LogP contribution in [0, 0.1) is 0 Å². The third-order valence-electron chi connectivity index (χ3n) is 6.10. The van der Waals surface area contributed by atoms with Gasteiger partial charge in [0.2, 0.25) is 11.8 Å². The molecule has 0 aromatic carbocycles. The monoisotopic (exact) mass is 392 g/mol. The molecule has 0 aliphatic carbocycles. The summed E-state index contributed by atoms with van der Waals surface area (Å²) in [6, 6.07) is 4.54. The molecule has 150 valence electrons. The highest BCUT2D eigenvalue weighted by Crippen LogP contribution is 2.29. The minimum absolute atomic E-state index is 0.0967. The Hall–Kier alpha value is -1.44. The van der Waals surface area contributed by atoms with Crippen LogP contribution < -0.4 is 5.32 Å². The lowest BCUT2D eigenvalue weighted by molar-refractivity contribution is -0.131. The number of fused-ring (bicyclic) bond motifs is 1. The number of nitrogens with zero attached hydrogens (tertiary/aromatic N) is 3. The molecule has 0 spiro atoms. The normalized spacial score (nSPS) is 26.5. The van der Waals surface area contributed by atoms with E-state index in [1.165, 1.54) is 4.88 Å². The molecule has 3 unspecified atom stereocenters. The average Bonchev–Trinajstić information content (AvgIpc) is 3.30. The van der Waals surface area contributed by atoms with E-state index in [0.717, 1.165) is 39.0 Å². The number of thiophene rings is 1. The molecule has 2 aliphatic heterocycles. The number of nitrogens with one attached hydrogen (secondary N) is 1. The summed E-state index contributed by atoms with van der Waals surface area (Å²) in [5, 5.41) is 5.23. The molecule has 3 rings (SSSR count). The van der Waals surface area contributed by atoms with Crippen molar-refractivity contribution in [3.63, 3.8) is 0 Å². The predicted octanol–water partition coefficient (Wildman–Crippen LogP) is 1.77. The maximum absolute atomic E-state index is 12.8. The minimum atomic E-state index is -0.0967. The van der Waals surface area contributed by atoms with Crippen molar-refractivity contribution in [1.82, 2.24) is 20.0 Å². The fourth-order valence-electron chi connectivity index (χ4n) is 4.45. The van der Waals surface area contributed by atoms with Crippen LogP contribution in [0.5, 0.6) is 0 Å². The first kappa shape index (κ1) is 20.3. The van der Waals surface area contributed by atoms with Crippen LogP contribution in [0.15, 0.2) is 17.5 Å². The van der Waals surface area contributed by atoms with Gasteiger partial charge in [-0.2, -0.15) is 0 Å². The fourth-order valence-corrected chi connectivity index (χ4v) is 5.18. The molecule has 27 heavy (non-hydrogen) atoms. The Labute approximate surface area is 166 Å². The van der Waals surface area contributed by atoms with Crippen molar-refractivity contribution >= 4 is 23.2 Å². The smallest absolute Gasteiger partial charge is 0.239 e. The average molecular weight is 393 g/mol. The van der Waals surface area contributed by atoms with E-state index in [4.69, 9.17) is 0 Å². The molecule has 6 nitrogen and oxygen atoms in total. The Morgan fingerprint density at radius 1 is 1.37 bits per heavy atom. The molecule has 2 aliphatic rings. The second kappa shape index (κ2) is 9.17. The molecule has 0 radical (unpaired) electrons. The summed E-state index contributed by atoms with van der Waals surface area (Å²) >= 11 is 1.75. The third kappa shape index (κ3) is 4.52. The highest BCUT2D eigenvalue weighted by molar-refractivity contribution is 7.09. The summed E-state index contributed by atoms with van der Waals surface area (Å²) < 4.78 is 0. The number of rotatable bonds is 7. The Kier molecular flexibility index (Phi) is 6.89. The number of amides is 2. The van der Waals surface area contributed by atoms with E-state index in [0.29, 0.717) is 13.0 Å². The largest absolute Gasteiger partial charge is 0.353 e. The summed E-state index contributed by atoms with van der Waals surface area (Å²) in [6.07, 6.45) is 2.34. The van der Waals surface area contributed by atoms with Crippen molar-refractivity contribution < 1.29 is 9.59 Å². The number of hydrogen-bond donors (Lipinski definition) is 1. The molecule has 0 saturated carbocycles. The van der Waals surface area contributed by atoms with Crippen LogP contribution in [0.1, 0.15) is 38.0 Å². The van der Waals surface area contributed by atoms with Gasteiger partial charge in [0.05, 0.1) is 0 Å². The summed E-state index contributed by atoms with van der Waals surface area (Å²) in [5.74, 6) is 0.352. The number of hydrogen-bond acceptors (Lipinski definition) is 5. The highest BCUT2D eigenvalue weighted by atomic mass is 32.1. The molecule has 2 saturated heterocycles. The maximum atomic E-state index is 12.8. The van der Waals surface area contributed by atoms with Gasteiger partial charge >= 0.3 is 0 Å². The second-order valence-corrected chi connectivity index (χ2v) is 8.55. The lowest BCUT2D eigenvalue weighted by Crippen LogP contribution is -2.49. The van der Waals surface area contributed by atoms with Crippen molar-refractivity contribution in [2.75, 3.05) is 33.2 Å². The summed E-state index contributed by atoms with van der Waals surface area (Å²) in [7, 11) is 2.12. The number of carbonyl (C=O) groups is 2. The van der Waals surface area contributed by atoms with Gasteiger partial charge in [-0.25, -0.2) is 0 Å². The van der Waals surface area contributed by atoms with Gasteiger partial charge in [-0.05, 0) is 45.2 Å².